The molecule has 1 amide bonds. The summed E-state index contributed by atoms with van der Waals surface area (Å²) >= 11 is 0. The van der Waals surface area contributed by atoms with E-state index in [4.69, 9.17) is 9.47 Å². The maximum atomic E-state index is 13.2. The van der Waals surface area contributed by atoms with Crippen LogP contribution >= 0.6 is 0 Å². The first kappa shape index (κ1) is 23.0. The average Bonchev–Trinajstić information content (AvgIpc) is 3.59. The van der Waals surface area contributed by atoms with Crippen molar-refractivity contribution in [3.8, 4) is 5.88 Å². The number of aromatic nitrogens is 2. The fourth-order valence-corrected chi connectivity index (χ4v) is 4.85. The molecule has 0 spiro atoms. The van der Waals surface area contributed by atoms with Gasteiger partial charge in [0.05, 0.1) is 23.7 Å². The second kappa shape index (κ2) is 9.14. The molecule has 182 valence electrons. The lowest BCUT2D eigenvalue weighted by molar-refractivity contribution is -0.145. The van der Waals surface area contributed by atoms with Crippen molar-refractivity contribution in [3.63, 3.8) is 0 Å². The highest BCUT2D eigenvalue weighted by Crippen LogP contribution is 2.39. The molecule has 0 N–H and O–H groups in total. The van der Waals surface area contributed by atoms with Gasteiger partial charge in [-0.3, -0.25) is 14.7 Å². The van der Waals surface area contributed by atoms with Gasteiger partial charge in [0, 0.05) is 51.7 Å². The van der Waals surface area contributed by atoms with Crippen LogP contribution in [0.5, 0.6) is 5.88 Å². The smallest absolute Gasteiger partial charge is 0.416 e. The third kappa shape index (κ3) is 4.88. The van der Waals surface area contributed by atoms with Gasteiger partial charge in [-0.25, -0.2) is 4.98 Å². The van der Waals surface area contributed by atoms with Gasteiger partial charge in [-0.05, 0) is 30.5 Å². The number of hydrogen-bond acceptors (Lipinski definition) is 6. The predicted octanol–water partition coefficient (Wildman–Crippen LogP) is 3.42. The summed E-state index contributed by atoms with van der Waals surface area (Å²) in [5, 5.41) is 0. The van der Waals surface area contributed by atoms with Crippen LogP contribution in [0.15, 0.2) is 36.7 Å². The molecule has 3 aliphatic rings. The van der Waals surface area contributed by atoms with Crippen molar-refractivity contribution in [2.45, 2.75) is 49.6 Å². The van der Waals surface area contributed by atoms with Gasteiger partial charge in [-0.2, -0.15) is 13.2 Å². The van der Waals surface area contributed by atoms with E-state index in [1.165, 1.54) is 32.1 Å². The van der Waals surface area contributed by atoms with Crippen LogP contribution < -0.4 is 4.74 Å². The number of piperazine rings is 1. The van der Waals surface area contributed by atoms with Crippen LogP contribution in [0, 0.1) is 0 Å². The Morgan fingerprint density at radius 1 is 1.15 bits per heavy atom. The Hall–Kier alpha value is -2.72. The summed E-state index contributed by atoms with van der Waals surface area (Å²) < 4.78 is 50.8. The van der Waals surface area contributed by atoms with E-state index in [1.54, 1.807) is 17.3 Å². The molecule has 2 aromatic rings. The molecular formula is C24H27F3N4O3. The molecule has 3 atom stereocenters. The van der Waals surface area contributed by atoms with E-state index >= 15 is 0 Å². The molecule has 0 radical (unpaired) electrons. The molecule has 1 aromatic carbocycles. The highest BCUT2D eigenvalue weighted by atomic mass is 19.4. The van der Waals surface area contributed by atoms with Crippen LogP contribution in [0.4, 0.5) is 13.2 Å². The zero-order chi connectivity index (χ0) is 23.9. The van der Waals surface area contributed by atoms with Gasteiger partial charge >= 0.3 is 6.18 Å². The quantitative estimate of drug-likeness (QED) is 0.637. The van der Waals surface area contributed by atoms with Gasteiger partial charge < -0.3 is 14.4 Å². The molecule has 1 saturated carbocycles. The second-order valence-electron chi connectivity index (χ2n) is 9.20. The first-order chi connectivity index (χ1) is 16.3. The van der Waals surface area contributed by atoms with Gasteiger partial charge in [0.1, 0.15) is 6.10 Å². The zero-order valence-electron chi connectivity index (χ0n) is 18.9. The Morgan fingerprint density at radius 3 is 2.65 bits per heavy atom. The second-order valence-corrected chi connectivity index (χ2v) is 9.20. The first-order valence-electron chi connectivity index (χ1n) is 11.5. The number of ether oxygens (including phenoxy) is 2. The van der Waals surface area contributed by atoms with Crippen molar-refractivity contribution >= 4 is 5.91 Å². The van der Waals surface area contributed by atoms with E-state index in [2.05, 4.69) is 14.9 Å². The summed E-state index contributed by atoms with van der Waals surface area (Å²) in [5.41, 5.74) is 0.415. The van der Waals surface area contributed by atoms with E-state index in [-0.39, 0.29) is 23.6 Å². The summed E-state index contributed by atoms with van der Waals surface area (Å²) in [7, 11) is 1.34. The minimum atomic E-state index is -4.48. The summed E-state index contributed by atoms with van der Waals surface area (Å²) in [6.07, 6.45) is 0.919. The normalized spacial score (nSPS) is 24.1. The number of halogens is 3. The van der Waals surface area contributed by atoms with Gasteiger partial charge in [-0.1, -0.05) is 12.1 Å². The molecule has 7 nitrogen and oxygen atoms in total. The predicted molar refractivity (Wildman–Crippen MR) is 116 cm³/mol. The Kier molecular flexibility index (Phi) is 6.20. The number of nitrogens with zero attached hydrogens (tertiary/aromatic N) is 4. The van der Waals surface area contributed by atoms with Crippen molar-refractivity contribution in [3.05, 3.63) is 53.5 Å². The number of rotatable bonds is 6. The lowest BCUT2D eigenvalue weighted by Crippen LogP contribution is -2.53. The summed E-state index contributed by atoms with van der Waals surface area (Å²) in [6, 6.07) is 4.88. The van der Waals surface area contributed by atoms with E-state index < -0.39 is 17.8 Å². The molecular weight excluding hydrogens is 449 g/mol. The lowest BCUT2D eigenvalue weighted by atomic mass is 10.0. The summed E-state index contributed by atoms with van der Waals surface area (Å²) in [6.45, 7) is 2.36. The zero-order valence-corrected chi connectivity index (χ0v) is 18.9. The van der Waals surface area contributed by atoms with Crippen LogP contribution in [-0.2, 0) is 15.7 Å². The van der Waals surface area contributed by atoms with Crippen molar-refractivity contribution in [1.29, 1.82) is 0 Å². The molecule has 1 unspecified atom stereocenters. The monoisotopic (exact) mass is 476 g/mol. The Balaban J connectivity index is 1.21. The third-order valence-corrected chi connectivity index (χ3v) is 6.80. The molecule has 2 saturated heterocycles. The fourth-order valence-electron chi connectivity index (χ4n) is 4.85. The Morgan fingerprint density at radius 2 is 1.97 bits per heavy atom. The SMILES string of the molecule is COC(C(=O)N1CCN2C[C@H](Oc3cnc(C4CC4)cn3)C[C@H]2C1)c1cccc(C(F)(F)F)c1. The van der Waals surface area contributed by atoms with Crippen molar-refractivity contribution in [2.24, 2.45) is 0 Å². The van der Waals surface area contributed by atoms with Gasteiger partial charge in [-0.15, -0.1) is 0 Å². The van der Waals surface area contributed by atoms with E-state index in [0.29, 0.717) is 31.4 Å². The minimum Gasteiger partial charge on any atom is -0.472 e. The minimum absolute atomic E-state index is 0.0529. The van der Waals surface area contributed by atoms with Crippen LogP contribution in [0.25, 0.3) is 0 Å². The lowest BCUT2D eigenvalue weighted by Gasteiger charge is -2.38. The maximum absolute atomic E-state index is 13.2. The number of methoxy groups -OCH3 is 1. The number of alkyl halides is 3. The first-order valence-corrected chi connectivity index (χ1v) is 11.5. The number of carbonyl (C=O) groups is 1. The van der Waals surface area contributed by atoms with Gasteiger partial charge in [0.2, 0.25) is 5.88 Å². The third-order valence-electron chi connectivity index (χ3n) is 6.80. The van der Waals surface area contributed by atoms with Crippen LogP contribution in [-0.4, -0.2) is 71.1 Å². The average molecular weight is 476 g/mol. The Bertz CT molecular complexity index is 1030. The van der Waals surface area contributed by atoms with Crippen LogP contribution in [0.1, 0.15) is 48.1 Å². The molecule has 3 fully saturated rings. The van der Waals surface area contributed by atoms with Gasteiger partial charge in [0.15, 0.2) is 6.10 Å². The standard InChI is InChI=1S/C24H27F3N4O3/c1-33-22(16-3-2-4-17(9-16)24(25,26)27)23(32)31-8-7-30-14-19(10-18(30)13-31)34-21-12-28-20(11-29-21)15-5-6-15/h2-4,9,11-12,15,18-19,22H,5-8,10,13-14H2,1H3/t18-,19+,22?/m0/s1. The molecule has 34 heavy (non-hydrogen) atoms. The highest BCUT2D eigenvalue weighted by molar-refractivity contribution is 5.82. The molecule has 5 rings (SSSR count). The number of amides is 1. The van der Waals surface area contributed by atoms with E-state index in [9.17, 15) is 18.0 Å². The topological polar surface area (TPSA) is 67.8 Å². The molecule has 1 aromatic heterocycles. The van der Waals surface area contributed by atoms with E-state index in [1.807, 2.05) is 0 Å². The largest absolute Gasteiger partial charge is 0.472 e. The summed E-state index contributed by atoms with van der Waals surface area (Å²) in [5.74, 6) is 0.718. The van der Waals surface area contributed by atoms with E-state index in [0.717, 1.165) is 30.8 Å². The maximum Gasteiger partial charge on any atom is 0.416 e. The summed E-state index contributed by atoms with van der Waals surface area (Å²) in [4.78, 5) is 26.0. The number of hydrogen-bond donors (Lipinski definition) is 0. The van der Waals surface area contributed by atoms with Gasteiger partial charge in [0.25, 0.3) is 5.91 Å². The molecule has 3 heterocycles. The molecule has 1 aliphatic carbocycles. The highest BCUT2D eigenvalue weighted by Gasteiger charge is 2.40. The van der Waals surface area contributed by atoms with Crippen LogP contribution in [0.2, 0.25) is 0 Å². The Labute approximate surface area is 195 Å². The van der Waals surface area contributed by atoms with Crippen molar-refractivity contribution in [2.75, 3.05) is 33.3 Å². The van der Waals surface area contributed by atoms with Crippen molar-refractivity contribution < 1.29 is 27.4 Å². The molecule has 0 bridgehead atoms. The number of carbonyl (C=O) groups excluding carboxylic acids is 1. The van der Waals surface area contributed by atoms with Crippen LogP contribution in [0.3, 0.4) is 0 Å². The van der Waals surface area contributed by atoms with Crippen molar-refractivity contribution in [1.82, 2.24) is 19.8 Å². The molecule has 10 heteroatoms. The number of benzene rings is 1. The number of fused-ring (bicyclic) bond motifs is 1. The molecule has 2 aliphatic heterocycles. The fraction of sp³-hybridized carbons (Fsp3) is 0.542.